The summed E-state index contributed by atoms with van der Waals surface area (Å²) in [5, 5.41) is 3.13. The molecule has 8 heteroatoms. The lowest BCUT2D eigenvalue weighted by Gasteiger charge is -2.08. The quantitative estimate of drug-likeness (QED) is 0.228. The average Bonchev–Trinajstić information content (AvgIpc) is 2.62. The number of rotatable bonds is 3. The number of para-hydroxylation sites is 1. The molecule has 0 bridgehead atoms. The van der Waals surface area contributed by atoms with Crippen LogP contribution >= 0.6 is 0 Å². The van der Waals surface area contributed by atoms with Crippen LogP contribution in [-0.4, -0.2) is 32.7 Å². The second kappa shape index (κ2) is 8.22. The lowest BCUT2D eigenvalue weighted by Crippen LogP contribution is -2.38. The summed E-state index contributed by atoms with van der Waals surface area (Å²) in [6.45, 7) is 2.20. The summed E-state index contributed by atoms with van der Waals surface area (Å²) in [6.07, 6.45) is 0. The molecule has 0 N–H and O–H groups in total. The normalized spacial score (nSPS) is 11.1. The number of ether oxygens (including phenoxy) is 1. The molecule has 0 fully saturated rings. The zero-order valence-corrected chi connectivity index (χ0v) is 15.4. The minimum atomic E-state index is -4.41. The first-order valence-corrected chi connectivity index (χ1v) is 9.11. The van der Waals surface area contributed by atoms with Gasteiger partial charge in [0.25, 0.3) is 5.69 Å². The molecule has 1 aromatic heterocycles. The SMILES string of the molecule is CCOC(=O)c1c2ccccc2c2ccccc2[n+]1C.COS(=O)(=O)[O-]. The fraction of sp³-hybridized carbons (Fsp3) is 0.222. The first-order chi connectivity index (χ1) is 12.3. The van der Waals surface area contributed by atoms with Crippen LogP contribution in [0.15, 0.2) is 48.5 Å². The van der Waals surface area contributed by atoms with Crippen molar-refractivity contribution in [3.8, 4) is 0 Å². The number of hydrogen-bond donors (Lipinski definition) is 0. The Kier molecular flexibility index (Phi) is 6.25. The average molecular weight is 377 g/mol. The van der Waals surface area contributed by atoms with Gasteiger partial charge in [-0.05, 0) is 19.1 Å². The van der Waals surface area contributed by atoms with Crippen molar-refractivity contribution in [3.05, 3.63) is 54.2 Å². The molecule has 2 aromatic carbocycles. The van der Waals surface area contributed by atoms with E-state index in [1.54, 1.807) is 0 Å². The number of nitrogens with zero attached hydrogens (tertiary/aromatic N) is 1. The standard InChI is InChI=1S/C17H16NO2.CH4O4S/c1-3-20-17(19)16-14-10-5-4-8-12(14)13-9-6-7-11-15(13)18(16)2;1-5-6(2,3)4/h4-11H,3H2,1-2H3;1H3,(H,2,3,4)/q+1;/p-1. The molecule has 0 aliphatic carbocycles. The first kappa shape index (κ1) is 19.8. The zero-order valence-electron chi connectivity index (χ0n) is 14.6. The molecule has 26 heavy (non-hydrogen) atoms. The molecule has 7 nitrogen and oxygen atoms in total. The van der Waals surface area contributed by atoms with Gasteiger partial charge in [-0.25, -0.2) is 13.2 Å². The van der Waals surface area contributed by atoms with Crippen molar-refractivity contribution < 1.29 is 31.3 Å². The number of carbonyl (C=O) groups is 1. The Morgan fingerprint density at radius 1 is 1.04 bits per heavy atom. The lowest BCUT2D eigenvalue weighted by molar-refractivity contribution is -0.646. The summed E-state index contributed by atoms with van der Waals surface area (Å²) in [5.74, 6) is -0.281. The highest BCUT2D eigenvalue weighted by molar-refractivity contribution is 7.80. The van der Waals surface area contributed by atoms with Gasteiger partial charge in [0.2, 0.25) is 15.9 Å². The highest BCUT2D eigenvalue weighted by Gasteiger charge is 2.25. The van der Waals surface area contributed by atoms with Gasteiger partial charge in [-0.15, -0.1) is 0 Å². The van der Waals surface area contributed by atoms with Crippen LogP contribution in [0.25, 0.3) is 21.7 Å². The third kappa shape index (κ3) is 4.34. The second-order valence-corrected chi connectivity index (χ2v) is 6.42. The number of aryl methyl sites for hydroxylation is 1. The van der Waals surface area contributed by atoms with Crippen LogP contribution in [-0.2, 0) is 26.4 Å². The van der Waals surface area contributed by atoms with Gasteiger partial charge in [0, 0.05) is 11.5 Å². The van der Waals surface area contributed by atoms with Crippen LogP contribution in [0.3, 0.4) is 0 Å². The van der Waals surface area contributed by atoms with Crippen molar-refractivity contribution in [1.29, 1.82) is 0 Å². The van der Waals surface area contributed by atoms with Gasteiger partial charge in [-0.3, -0.25) is 4.18 Å². The minimum Gasteiger partial charge on any atom is -0.726 e. The van der Waals surface area contributed by atoms with Gasteiger partial charge in [0.15, 0.2) is 0 Å². The van der Waals surface area contributed by atoms with Crippen LogP contribution in [0.1, 0.15) is 17.4 Å². The van der Waals surface area contributed by atoms with Crippen LogP contribution in [0.4, 0.5) is 0 Å². The van der Waals surface area contributed by atoms with E-state index in [-0.39, 0.29) is 5.97 Å². The zero-order chi connectivity index (χ0) is 19.3. The molecule has 138 valence electrons. The third-order valence-corrected chi connectivity index (χ3v) is 4.15. The van der Waals surface area contributed by atoms with Crippen LogP contribution in [0.2, 0.25) is 0 Å². The maximum absolute atomic E-state index is 12.3. The van der Waals surface area contributed by atoms with Crippen LogP contribution < -0.4 is 4.57 Å². The second-order valence-electron chi connectivity index (χ2n) is 5.27. The number of aromatic nitrogens is 1. The highest BCUT2D eigenvalue weighted by atomic mass is 32.3. The molecule has 0 aliphatic rings. The molecule has 3 aromatic rings. The molecule has 1 heterocycles. The predicted molar refractivity (Wildman–Crippen MR) is 95.3 cm³/mol. The molecular weight excluding hydrogens is 358 g/mol. The monoisotopic (exact) mass is 377 g/mol. The summed E-state index contributed by atoms with van der Waals surface area (Å²) in [7, 11) is -1.70. The third-order valence-electron chi connectivity index (χ3n) is 3.75. The van der Waals surface area contributed by atoms with Crippen molar-refractivity contribution in [3.63, 3.8) is 0 Å². The van der Waals surface area contributed by atoms with Gasteiger partial charge in [-0.1, -0.05) is 30.3 Å². The summed E-state index contributed by atoms with van der Waals surface area (Å²) >= 11 is 0. The molecule has 3 rings (SSSR count). The Labute approximate surface area is 151 Å². The van der Waals surface area contributed by atoms with E-state index < -0.39 is 10.4 Å². The molecule has 0 unspecified atom stereocenters. The topological polar surface area (TPSA) is 96.6 Å². The number of hydrogen-bond acceptors (Lipinski definition) is 6. The van der Waals surface area contributed by atoms with Crippen LogP contribution in [0, 0.1) is 0 Å². The van der Waals surface area contributed by atoms with Gasteiger partial charge < -0.3 is 9.29 Å². The van der Waals surface area contributed by atoms with Gasteiger partial charge in [0.05, 0.1) is 24.5 Å². The number of carbonyl (C=O) groups excluding carboxylic acids is 1. The van der Waals surface area contributed by atoms with Crippen molar-refractivity contribution in [2.75, 3.05) is 13.7 Å². The molecule has 0 amide bonds. The Morgan fingerprint density at radius 3 is 2.08 bits per heavy atom. The summed E-state index contributed by atoms with van der Waals surface area (Å²) in [5.41, 5.74) is 1.62. The first-order valence-electron chi connectivity index (χ1n) is 7.78. The summed E-state index contributed by atoms with van der Waals surface area (Å²) in [4.78, 5) is 12.3. The number of fused-ring (bicyclic) bond motifs is 3. The van der Waals surface area contributed by atoms with E-state index in [2.05, 4.69) is 10.2 Å². The van der Waals surface area contributed by atoms with Crippen molar-refractivity contribution in [1.82, 2.24) is 0 Å². The molecule has 0 atom stereocenters. The Balaban J connectivity index is 0.000000352. The fourth-order valence-electron chi connectivity index (χ4n) is 2.67. The van der Waals surface area contributed by atoms with E-state index in [0.717, 1.165) is 28.8 Å². The predicted octanol–water partition coefficient (Wildman–Crippen LogP) is 2.09. The van der Waals surface area contributed by atoms with Crippen LogP contribution in [0.5, 0.6) is 0 Å². The molecule has 0 spiro atoms. The molecular formula is C18H19NO6S. The molecule has 0 saturated heterocycles. The molecule has 0 saturated carbocycles. The summed E-state index contributed by atoms with van der Waals surface area (Å²) < 4.78 is 38.1. The van der Waals surface area contributed by atoms with Crippen molar-refractivity contribution in [2.45, 2.75) is 6.92 Å². The minimum absolute atomic E-state index is 0.281. The summed E-state index contributed by atoms with van der Waals surface area (Å²) in [6, 6.07) is 16.0. The number of benzene rings is 2. The van der Waals surface area contributed by atoms with Crippen molar-refractivity contribution in [2.24, 2.45) is 7.05 Å². The van der Waals surface area contributed by atoms with E-state index in [1.165, 1.54) is 0 Å². The van der Waals surface area contributed by atoms with E-state index in [9.17, 15) is 17.8 Å². The van der Waals surface area contributed by atoms with E-state index >= 15 is 0 Å². The maximum Gasteiger partial charge on any atom is 0.404 e. The van der Waals surface area contributed by atoms with E-state index in [0.29, 0.717) is 12.3 Å². The number of esters is 1. The molecule has 0 aliphatic heterocycles. The Morgan fingerprint density at radius 2 is 1.54 bits per heavy atom. The molecule has 0 radical (unpaired) electrons. The van der Waals surface area contributed by atoms with E-state index in [1.807, 2.05) is 61.0 Å². The Hall–Kier alpha value is -2.55. The highest BCUT2D eigenvalue weighted by Crippen LogP contribution is 2.25. The smallest absolute Gasteiger partial charge is 0.404 e. The Bertz CT molecular complexity index is 1050. The van der Waals surface area contributed by atoms with Gasteiger partial charge >= 0.3 is 5.97 Å². The largest absolute Gasteiger partial charge is 0.726 e. The van der Waals surface area contributed by atoms with E-state index in [4.69, 9.17) is 4.74 Å². The maximum atomic E-state index is 12.3. The van der Waals surface area contributed by atoms with Gasteiger partial charge in [0.1, 0.15) is 7.05 Å². The fourth-order valence-corrected chi connectivity index (χ4v) is 2.67. The lowest BCUT2D eigenvalue weighted by atomic mass is 10.0. The van der Waals surface area contributed by atoms with Gasteiger partial charge in [-0.2, -0.15) is 4.57 Å². The number of pyridine rings is 1. The van der Waals surface area contributed by atoms with Crippen molar-refractivity contribution >= 4 is 38.0 Å².